The molecule has 71 heavy (non-hydrogen) atoms. The minimum Gasteiger partial charge on any atom is -0.355 e. The zero-order valence-corrected chi connectivity index (χ0v) is 43.0. The number of hydrogen-bond acceptors (Lipinski definition) is 2. The third kappa shape index (κ3) is 6.49. The molecule has 2 nitrogen and oxygen atoms in total. The van der Waals surface area contributed by atoms with Crippen LogP contribution in [-0.4, -0.2) is 9.55 Å². The Labute approximate surface area is 428 Å². The Morgan fingerprint density at radius 3 is 1.54 bits per heavy atom. The highest BCUT2D eigenvalue weighted by Crippen LogP contribution is 2.52. The number of H-pyrrole nitrogens is 1. The van der Waals surface area contributed by atoms with Gasteiger partial charge in [0, 0.05) is 93.9 Å². The van der Waals surface area contributed by atoms with Crippen LogP contribution in [0.2, 0.25) is 0 Å². The fraction of sp³-hybridized carbons (Fsp3) is 0.0909. The van der Waals surface area contributed by atoms with Gasteiger partial charge in [-0.15, -0.1) is 22.7 Å². The number of fused-ring (bicyclic) bond motifs is 18. The van der Waals surface area contributed by atoms with Crippen molar-refractivity contribution in [2.24, 2.45) is 0 Å². The molecule has 0 fully saturated rings. The summed E-state index contributed by atoms with van der Waals surface area (Å²) in [6, 6.07) is 75.4. The number of aromatic nitrogens is 2. The van der Waals surface area contributed by atoms with E-state index in [1.54, 1.807) is 0 Å². The van der Waals surface area contributed by atoms with Crippen molar-refractivity contribution in [1.29, 1.82) is 0 Å². The lowest BCUT2D eigenvalue weighted by Gasteiger charge is -2.21. The monoisotopic (exact) mass is 1010 g/mol. The van der Waals surface area contributed by atoms with Gasteiger partial charge in [0.2, 0.25) is 0 Å². The molecule has 16 rings (SSSR count). The minimum absolute atomic E-state index is 0.0189. The number of benzene rings is 10. The maximum Gasteiger partial charge on any atom is 0.0544 e. The molecule has 0 amide bonds. The molecule has 0 atom stereocenters. The van der Waals surface area contributed by atoms with Crippen molar-refractivity contribution in [3.05, 3.63) is 233 Å². The summed E-state index contributed by atoms with van der Waals surface area (Å²) in [5.41, 5.74) is 17.5. The molecule has 0 bridgehead atoms. The summed E-state index contributed by atoms with van der Waals surface area (Å²) in [7, 11) is 0. The minimum atomic E-state index is -0.0189. The predicted molar refractivity (Wildman–Crippen MR) is 312 cm³/mol. The zero-order valence-electron chi connectivity index (χ0n) is 39.8. The average molecular weight is 1010 g/mol. The molecule has 0 radical (unpaired) electrons. The lowest BCUT2D eigenvalue weighted by Crippen LogP contribution is -2.14. The van der Waals surface area contributed by atoms with Gasteiger partial charge in [-0.25, -0.2) is 0 Å². The lowest BCUT2D eigenvalue weighted by molar-refractivity contribution is 0.661. The van der Waals surface area contributed by atoms with Crippen molar-refractivity contribution in [3.63, 3.8) is 0 Å². The van der Waals surface area contributed by atoms with Crippen molar-refractivity contribution >= 4 is 123 Å². The summed E-state index contributed by atoms with van der Waals surface area (Å²) in [6.45, 7) is 9.37. The van der Waals surface area contributed by atoms with Gasteiger partial charge in [-0.1, -0.05) is 165 Å². The molecule has 340 valence electrons. The summed E-state index contributed by atoms with van der Waals surface area (Å²) >= 11 is 7.23. The van der Waals surface area contributed by atoms with Gasteiger partial charge in [-0.2, -0.15) is 0 Å². The van der Waals surface area contributed by atoms with Crippen LogP contribution in [0.3, 0.4) is 0 Å². The number of nitrogens with zero attached hydrogens (tertiary/aromatic N) is 1. The second-order valence-electron chi connectivity index (χ2n) is 20.2. The number of nitrogens with one attached hydrogen (secondary N) is 1. The highest BCUT2D eigenvalue weighted by atomic mass is 79.9. The maximum atomic E-state index is 3.57. The molecule has 14 aromatic rings. The number of hydrogen-bond donors (Lipinski definition) is 1. The molecule has 0 aliphatic heterocycles. The normalized spacial score (nSPS) is 13.9. The summed E-state index contributed by atoms with van der Waals surface area (Å²) in [5.74, 6) is 0. The van der Waals surface area contributed by atoms with Crippen LogP contribution in [0, 0.1) is 0 Å². The first kappa shape index (κ1) is 42.6. The molecule has 0 unspecified atom stereocenters. The van der Waals surface area contributed by atoms with Crippen molar-refractivity contribution in [1.82, 2.24) is 9.55 Å². The molecule has 0 saturated carbocycles. The van der Waals surface area contributed by atoms with Crippen LogP contribution < -0.4 is 0 Å². The van der Waals surface area contributed by atoms with Gasteiger partial charge in [0.25, 0.3) is 0 Å². The third-order valence-electron chi connectivity index (χ3n) is 15.5. The van der Waals surface area contributed by atoms with E-state index in [0.29, 0.717) is 0 Å². The van der Waals surface area contributed by atoms with Crippen LogP contribution in [0.4, 0.5) is 0 Å². The van der Waals surface area contributed by atoms with Crippen molar-refractivity contribution in [2.45, 2.75) is 38.5 Å². The molecule has 0 saturated heterocycles. The Hall–Kier alpha value is -7.28. The van der Waals surface area contributed by atoms with E-state index in [1.807, 2.05) is 22.7 Å². The van der Waals surface area contributed by atoms with Gasteiger partial charge in [0.15, 0.2) is 0 Å². The van der Waals surface area contributed by atoms with Crippen LogP contribution in [0.25, 0.3) is 112 Å². The first-order valence-corrected chi connectivity index (χ1v) is 26.9. The number of para-hydroxylation sites is 2. The van der Waals surface area contributed by atoms with E-state index < -0.39 is 0 Å². The first-order valence-electron chi connectivity index (χ1n) is 24.4. The molecule has 2 aliphatic rings. The molecular weight excluding hydrogens is 965 g/mol. The van der Waals surface area contributed by atoms with Gasteiger partial charge in [0.1, 0.15) is 0 Å². The summed E-state index contributed by atoms with van der Waals surface area (Å²) in [6.07, 6.45) is 0. The van der Waals surface area contributed by atoms with E-state index >= 15 is 0 Å². The highest BCUT2D eigenvalue weighted by molar-refractivity contribution is 9.10. The highest BCUT2D eigenvalue weighted by Gasteiger charge is 2.37. The van der Waals surface area contributed by atoms with E-state index in [4.69, 9.17) is 0 Å². The van der Waals surface area contributed by atoms with Crippen LogP contribution in [0.5, 0.6) is 0 Å². The second-order valence-corrected chi connectivity index (χ2v) is 23.3. The van der Waals surface area contributed by atoms with Crippen LogP contribution in [-0.2, 0) is 10.8 Å². The Balaban J connectivity index is 0.000000111. The molecule has 4 aromatic heterocycles. The fourth-order valence-corrected chi connectivity index (χ4v) is 14.6. The van der Waals surface area contributed by atoms with Crippen molar-refractivity contribution in [3.8, 4) is 27.9 Å². The molecular formula is C66H47BrN2S2. The van der Waals surface area contributed by atoms with Crippen molar-refractivity contribution < 1.29 is 0 Å². The van der Waals surface area contributed by atoms with E-state index in [2.05, 4.69) is 259 Å². The largest absolute Gasteiger partial charge is 0.355 e. The maximum absolute atomic E-state index is 3.57. The van der Waals surface area contributed by atoms with E-state index in [-0.39, 0.29) is 10.8 Å². The van der Waals surface area contributed by atoms with Crippen LogP contribution in [0.15, 0.2) is 211 Å². The van der Waals surface area contributed by atoms with Gasteiger partial charge in [-0.3, -0.25) is 0 Å². The SMILES string of the molecule is Brc1ccc2sc3ccccc3c2c1.CC1(C)c2ccccc2-c2cc3c(cc21)[nH]c1ccccc13.CC1(C)c2ccccc2-c2cc3c4ccccc4n(-c4ccc5sc6ccccc6c5c4)c3cc21. The van der Waals surface area contributed by atoms with E-state index in [1.165, 1.54) is 134 Å². The van der Waals surface area contributed by atoms with Gasteiger partial charge < -0.3 is 9.55 Å². The lowest BCUT2D eigenvalue weighted by atomic mass is 9.82. The van der Waals surface area contributed by atoms with E-state index in [0.717, 1.165) is 4.47 Å². The van der Waals surface area contributed by atoms with Crippen LogP contribution in [0.1, 0.15) is 49.9 Å². The Bertz CT molecular complexity index is 4500. The average Bonchev–Trinajstić information content (AvgIpc) is 4.22. The standard InChI is InChI=1S/C33H23NS.C21H17N.C12H7BrS/c1-33(2)27-12-6-3-9-21(27)24-18-25-22-10-4-7-13-29(22)34(30(25)19-28(24)33)20-15-16-32-26(17-20)23-11-5-8-14-31(23)35-32;1-21(2)17-9-5-3-7-13(17)15-11-16-14-8-4-6-10-19(14)22-20(16)12-18(15)21;13-8-5-6-12-10(7-8)9-3-1-2-4-11(9)14-12/h3-19H,1-2H3;3-12,22H,1-2H3;1-7H. The molecule has 5 heteroatoms. The quantitative estimate of drug-likeness (QED) is 0.169. The number of rotatable bonds is 1. The van der Waals surface area contributed by atoms with Gasteiger partial charge >= 0.3 is 0 Å². The topological polar surface area (TPSA) is 20.7 Å². The van der Waals surface area contributed by atoms with Gasteiger partial charge in [0.05, 0.1) is 11.0 Å². The Morgan fingerprint density at radius 1 is 0.352 bits per heavy atom. The number of halogens is 1. The van der Waals surface area contributed by atoms with E-state index in [9.17, 15) is 0 Å². The van der Waals surface area contributed by atoms with Gasteiger partial charge in [-0.05, 0) is 129 Å². The molecule has 10 aromatic carbocycles. The smallest absolute Gasteiger partial charge is 0.0544 e. The number of aromatic amines is 1. The predicted octanol–water partition coefficient (Wildman–Crippen LogP) is 19.9. The van der Waals surface area contributed by atoms with Crippen molar-refractivity contribution in [2.75, 3.05) is 0 Å². The zero-order chi connectivity index (χ0) is 47.8. The second kappa shape index (κ2) is 15.9. The fourth-order valence-electron chi connectivity index (χ4n) is 12.0. The molecule has 0 spiro atoms. The summed E-state index contributed by atoms with van der Waals surface area (Å²) < 4.78 is 9.02. The summed E-state index contributed by atoms with van der Waals surface area (Å²) in [5, 5.41) is 10.6. The third-order valence-corrected chi connectivity index (χ3v) is 18.3. The first-order chi connectivity index (χ1) is 34.6. The summed E-state index contributed by atoms with van der Waals surface area (Å²) in [4.78, 5) is 3.57. The Morgan fingerprint density at radius 2 is 0.859 bits per heavy atom. The molecule has 1 N–H and O–H groups in total. The van der Waals surface area contributed by atoms with Crippen LogP contribution >= 0.6 is 38.6 Å². The molecule has 2 aliphatic carbocycles. The molecule has 4 heterocycles. The Kier molecular flexibility index (Phi) is 9.52. The number of thiophene rings is 2.